The topological polar surface area (TPSA) is 29.3 Å². The van der Waals surface area contributed by atoms with Gasteiger partial charge in [-0.1, -0.05) is 60.7 Å². The molecule has 0 aliphatic carbocycles. The second kappa shape index (κ2) is 11.5. The Balaban J connectivity index is 0.00000156. The van der Waals surface area contributed by atoms with Crippen LogP contribution in [0, 0.1) is 5.92 Å². The molecule has 2 nitrogen and oxygen atoms in total. The molecule has 1 unspecified atom stereocenters. The van der Waals surface area contributed by atoms with Crippen LogP contribution in [0.3, 0.4) is 0 Å². The van der Waals surface area contributed by atoms with E-state index in [1.165, 1.54) is 43.5 Å². The molecule has 0 aromatic heterocycles. The Morgan fingerprint density at radius 1 is 0.880 bits per heavy atom. The summed E-state index contributed by atoms with van der Waals surface area (Å²) in [6.07, 6.45) is 4.86. The Kier molecular flexibility index (Phi) is 10.1. The van der Waals surface area contributed by atoms with Gasteiger partial charge in [0.1, 0.15) is 0 Å². The van der Waals surface area contributed by atoms with Crippen LogP contribution in [0.5, 0.6) is 0 Å². The molecule has 0 spiro atoms. The van der Waals surface area contributed by atoms with Crippen molar-refractivity contribution in [3.8, 4) is 0 Å². The maximum atomic E-state index is 5.88. The van der Waals surface area contributed by atoms with Gasteiger partial charge in [-0.15, -0.1) is 24.8 Å². The van der Waals surface area contributed by atoms with Crippen LogP contribution in [0.1, 0.15) is 36.4 Å². The van der Waals surface area contributed by atoms with E-state index in [1.807, 2.05) is 0 Å². The lowest BCUT2D eigenvalue weighted by atomic mass is 9.88. The fourth-order valence-corrected chi connectivity index (χ4v) is 3.81. The molecule has 3 rings (SSSR count). The standard InChI is InChI=1S/C21H28N2.2ClH/c22-14-11-21(20-9-5-2-6-10-20)23-15-12-19(13-16-23)17-18-7-3-1-4-8-18;;/h1-10,19,21H,11-17,22H2;2*1H. The SMILES string of the molecule is Cl.Cl.NCCC(c1ccccc1)N1CCC(Cc2ccccc2)CC1. The number of benzene rings is 2. The third-order valence-corrected chi connectivity index (χ3v) is 5.08. The van der Waals surface area contributed by atoms with Crippen molar-refractivity contribution < 1.29 is 0 Å². The van der Waals surface area contributed by atoms with Crippen molar-refractivity contribution in [2.45, 2.75) is 31.7 Å². The van der Waals surface area contributed by atoms with Gasteiger partial charge in [0, 0.05) is 6.04 Å². The highest BCUT2D eigenvalue weighted by Crippen LogP contribution is 2.30. The van der Waals surface area contributed by atoms with Gasteiger partial charge >= 0.3 is 0 Å². The van der Waals surface area contributed by atoms with Crippen LogP contribution in [-0.2, 0) is 6.42 Å². The Morgan fingerprint density at radius 3 is 2.00 bits per heavy atom. The van der Waals surface area contributed by atoms with Crippen LogP contribution in [-0.4, -0.2) is 24.5 Å². The predicted molar refractivity (Wildman–Crippen MR) is 112 cm³/mol. The minimum atomic E-state index is 0. The summed E-state index contributed by atoms with van der Waals surface area (Å²) in [5.41, 5.74) is 8.77. The van der Waals surface area contributed by atoms with E-state index >= 15 is 0 Å². The Hall–Kier alpha value is -1.06. The minimum Gasteiger partial charge on any atom is -0.330 e. The monoisotopic (exact) mass is 380 g/mol. The largest absolute Gasteiger partial charge is 0.330 e. The van der Waals surface area contributed by atoms with Gasteiger partial charge in [0.2, 0.25) is 0 Å². The van der Waals surface area contributed by atoms with Gasteiger partial charge in [0.25, 0.3) is 0 Å². The van der Waals surface area contributed by atoms with Gasteiger partial charge in [-0.3, -0.25) is 4.90 Å². The zero-order valence-corrected chi connectivity index (χ0v) is 16.4. The van der Waals surface area contributed by atoms with E-state index in [2.05, 4.69) is 65.6 Å². The molecule has 1 heterocycles. The predicted octanol–water partition coefficient (Wildman–Crippen LogP) is 4.87. The summed E-state index contributed by atoms with van der Waals surface area (Å²) in [5.74, 6) is 0.822. The van der Waals surface area contributed by atoms with Crippen molar-refractivity contribution in [3.63, 3.8) is 0 Å². The molecule has 0 bridgehead atoms. The lowest BCUT2D eigenvalue weighted by Gasteiger charge is -2.38. The molecule has 2 N–H and O–H groups in total. The molecule has 1 fully saturated rings. The average molecular weight is 381 g/mol. The molecular formula is C21H30Cl2N2. The molecule has 1 aliphatic heterocycles. The molecule has 25 heavy (non-hydrogen) atoms. The number of nitrogens with two attached hydrogens (primary N) is 1. The van der Waals surface area contributed by atoms with E-state index in [4.69, 9.17) is 5.73 Å². The van der Waals surface area contributed by atoms with Gasteiger partial charge in [0.05, 0.1) is 0 Å². The van der Waals surface area contributed by atoms with Crippen molar-refractivity contribution in [3.05, 3.63) is 71.8 Å². The zero-order chi connectivity index (χ0) is 15.9. The number of hydrogen-bond acceptors (Lipinski definition) is 2. The van der Waals surface area contributed by atoms with Crippen LogP contribution in [0.2, 0.25) is 0 Å². The van der Waals surface area contributed by atoms with Crippen molar-refractivity contribution in [2.75, 3.05) is 19.6 Å². The lowest BCUT2D eigenvalue weighted by Crippen LogP contribution is -2.38. The van der Waals surface area contributed by atoms with Crippen molar-refractivity contribution in [2.24, 2.45) is 11.7 Å². The molecule has 4 heteroatoms. The van der Waals surface area contributed by atoms with E-state index in [9.17, 15) is 0 Å². The lowest BCUT2D eigenvalue weighted by molar-refractivity contribution is 0.127. The van der Waals surface area contributed by atoms with Crippen LogP contribution in [0.25, 0.3) is 0 Å². The Morgan fingerprint density at radius 2 is 1.44 bits per heavy atom. The third kappa shape index (κ3) is 6.31. The summed E-state index contributed by atoms with van der Waals surface area (Å²) in [7, 11) is 0. The van der Waals surface area contributed by atoms with Crippen molar-refractivity contribution in [1.82, 2.24) is 4.90 Å². The summed E-state index contributed by atoms with van der Waals surface area (Å²) in [6, 6.07) is 22.3. The fraction of sp³-hybridized carbons (Fsp3) is 0.429. The molecule has 1 atom stereocenters. The number of piperidine rings is 1. The molecule has 0 amide bonds. The first-order chi connectivity index (χ1) is 11.4. The van der Waals surface area contributed by atoms with E-state index < -0.39 is 0 Å². The summed E-state index contributed by atoms with van der Waals surface area (Å²) in [4.78, 5) is 2.64. The highest BCUT2D eigenvalue weighted by molar-refractivity contribution is 5.85. The van der Waals surface area contributed by atoms with Gasteiger partial charge in [0.15, 0.2) is 0 Å². The van der Waals surface area contributed by atoms with E-state index in [-0.39, 0.29) is 24.8 Å². The number of likely N-dealkylation sites (tertiary alicyclic amines) is 1. The first-order valence-electron chi connectivity index (χ1n) is 8.90. The van der Waals surface area contributed by atoms with Gasteiger partial charge in [-0.2, -0.15) is 0 Å². The maximum Gasteiger partial charge on any atom is 0.0360 e. The summed E-state index contributed by atoms with van der Waals surface area (Å²) >= 11 is 0. The van der Waals surface area contributed by atoms with Crippen LogP contribution < -0.4 is 5.73 Å². The normalized spacial score (nSPS) is 16.5. The second-order valence-electron chi connectivity index (χ2n) is 6.67. The van der Waals surface area contributed by atoms with E-state index in [0.29, 0.717) is 6.04 Å². The second-order valence-corrected chi connectivity index (χ2v) is 6.67. The van der Waals surface area contributed by atoms with Gasteiger partial charge in [-0.05, 0) is 62.4 Å². The highest BCUT2D eigenvalue weighted by Gasteiger charge is 2.25. The molecule has 0 radical (unpaired) electrons. The molecular weight excluding hydrogens is 351 g/mol. The zero-order valence-electron chi connectivity index (χ0n) is 14.7. The quantitative estimate of drug-likeness (QED) is 0.773. The summed E-state index contributed by atoms with van der Waals surface area (Å²) < 4.78 is 0. The molecule has 138 valence electrons. The number of rotatable bonds is 6. The van der Waals surface area contributed by atoms with Crippen molar-refractivity contribution >= 4 is 24.8 Å². The Bertz CT molecular complexity index is 569. The fourth-order valence-electron chi connectivity index (χ4n) is 3.81. The van der Waals surface area contributed by atoms with Crippen LogP contribution in [0.4, 0.5) is 0 Å². The summed E-state index contributed by atoms with van der Waals surface area (Å²) in [6.45, 7) is 3.14. The first-order valence-corrected chi connectivity index (χ1v) is 8.90. The molecule has 1 saturated heterocycles. The number of hydrogen-bond donors (Lipinski definition) is 1. The van der Waals surface area contributed by atoms with E-state index in [0.717, 1.165) is 18.9 Å². The maximum absolute atomic E-state index is 5.88. The molecule has 2 aromatic rings. The van der Waals surface area contributed by atoms with Gasteiger partial charge < -0.3 is 5.73 Å². The van der Waals surface area contributed by atoms with Crippen LogP contribution >= 0.6 is 24.8 Å². The van der Waals surface area contributed by atoms with Gasteiger partial charge in [-0.25, -0.2) is 0 Å². The average Bonchev–Trinajstić information content (AvgIpc) is 2.62. The van der Waals surface area contributed by atoms with Crippen LogP contribution in [0.15, 0.2) is 60.7 Å². The smallest absolute Gasteiger partial charge is 0.0360 e. The Labute approximate surface area is 164 Å². The first kappa shape index (κ1) is 22.0. The molecule has 2 aromatic carbocycles. The van der Waals surface area contributed by atoms with E-state index in [1.54, 1.807) is 0 Å². The minimum absolute atomic E-state index is 0. The number of nitrogens with zero attached hydrogens (tertiary/aromatic N) is 1. The molecule has 1 aliphatic rings. The highest BCUT2D eigenvalue weighted by atomic mass is 35.5. The number of halogens is 2. The third-order valence-electron chi connectivity index (χ3n) is 5.08. The van der Waals surface area contributed by atoms with Crippen molar-refractivity contribution in [1.29, 1.82) is 0 Å². The summed E-state index contributed by atoms with van der Waals surface area (Å²) in [5, 5.41) is 0. The molecule has 0 saturated carbocycles.